The van der Waals surface area contributed by atoms with Crippen molar-refractivity contribution in [1.29, 1.82) is 0 Å². The molecule has 0 atom stereocenters. The average Bonchev–Trinajstić information content (AvgIpc) is 2.26. The minimum absolute atomic E-state index is 0.238. The van der Waals surface area contributed by atoms with Crippen LogP contribution in [0.15, 0.2) is 29.3 Å². The van der Waals surface area contributed by atoms with Crippen LogP contribution in [0.3, 0.4) is 0 Å². The summed E-state index contributed by atoms with van der Waals surface area (Å²) in [6.45, 7) is -0.238. The van der Waals surface area contributed by atoms with Crippen LogP contribution in [-0.2, 0) is 4.79 Å². The molecule has 16 heavy (non-hydrogen) atoms. The predicted molar refractivity (Wildman–Crippen MR) is 59.3 cm³/mol. The average molecular weight is 223 g/mol. The Bertz CT molecular complexity index is 400. The minimum atomic E-state index is -0.550. The van der Waals surface area contributed by atoms with Crippen LogP contribution in [0.1, 0.15) is 0 Å². The summed E-state index contributed by atoms with van der Waals surface area (Å²) in [7, 11) is 1.51. The quantitative estimate of drug-likeness (QED) is 0.547. The summed E-state index contributed by atoms with van der Waals surface area (Å²) in [5.41, 5.74) is 10.1. The van der Waals surface area contributed by atoms with Gasteiger partial charge in [0.25, 0.3) is 5.91 Å². The van der Waals surface area contributed by atoms with Gasteiger partial charge in [-0.1, -0.05) is 12.1 Å². The summed E-state index contributed by atoms with van der Waals surface area (Å²) in [6, 6.07) is 6.97. The third kappa shape index (κ3) is 3.49. The number of hydrogen-bond donors (Lipinski definition) is 2. The van der Waals surface area contributed by atoms with Crippen molar-refractivity contribution < 1.29 is 14.3 Å². The largest absolute Gasteiger partial charge is 0.493 e. The van der Waals surface area contributed by atoms with Gasteiger partial charge in [-0.15, -0.1) is 0 Å². The molecule has 0 spiro atoms. The van der Waals surface area contributed by atoms with E-state index in [2.05, 4.69) is 4.99 Å². The molecule has 0 unspecified atom stereocenters. The van der Waals surface area contributed by atoms with E-state index in [9.17, 15) is 4.79 Å². The van der Waals surface area contributed by atoms with E-state index in [0.717, 1.165) is 0 Å². The number of aliphatic imine (C=N–C) groups is 1. The smallest absolute Gasteiger partial charge is 0.286 e. The van der Waals surface area contributed by atoms with Crippen molar-refractivity contribution in [2.24, 2.45) is 16.5 Å². The minimum Gasteiger partial charge on any atom is -0.493 e. The number of amides is 1. The molecule has 1 rings (SSSR count). The van der Waals surface area contributed by atoms with Gasteiger partial charge in [0, 0.05) is 0 Å². The summed E-state index contributed by atoms with van der Waals surface area (Å²) >= 11 is 0. The number of ether oxygens (including phenoxy) is 2. The van der Waals surface area contributed by atoms with E-state index < -0.39 is 5.91 Å². The van der Waals surface area contributed by atoms with Gasteiger partial charge in [-0.25, -0.2) is 0 Å². The van der Waals surface area contributed by atoms with E-state index in [1.165, 1.54) is 7.11 Å². The highest BCUT2D eigenvalue weighted by atomic mass is 16.5. The fourth-order valence-corrected chi connectivity index (χ4v) is 1.05. The number of carbonyl (C=O) groups is 1. The monoisotopic (exact) mass is 223 g/mol. The van der Waals surface area contributed by atoms with E-state index in [1.807, 2.05) is 0 Å². The summed E-state index contributed by atoms with van der Waals surface area (Å²) < 4.78 is 10.2. The molecule has 86 valence electrons. The van der Waals surface area contributed by atoms with Gasteiger partial charge < -0.3 is 20.9 Å². The number of nitrogens with two attached hydrogens (primary N) is 2. The fourth-order valence-electron chi connectivity index (χ4n) is 1.05. The third-order valence-corrected chi connectivity index (χ3v) is 1.67. The van der Waals surface area contributed by atoms with Crippen LogP contribution in [0.5, 0.6) is 11.5 Å². The highest BCUT2D eigenvalue weighted by Crippen LogP contribution is 2.25. The molecule has 6 heteroatoms. The number of benzene rings is 1. The van der Waals surface area contributed by atoms with Crippen molar-refractivity contribution in [1.82, 2.24) is 0 Å². The van der Waals surface area contributed by atoms with E-state index in [1.54, 1.807) is 24.3 Å². The van der Waals surface area contributed by atoms with Gasteiger partial charge in [-0.3, -0.25) is 4.79 Å². The zero-order valence-electron chi connectivity index (χ0n) is 8.84. The van der Waals surface area contributed by atoms with Crippen LogP contribution < -0.4 is 20.9 Å². The van der Waals surface area contributed by atoms with E-state index >= 15 is 0 Å². The molecule has 0 aliphatic carbocycles. The predicted octanol–water partition coefficient (Wildman–Crippen LogP) is -0.126. The number of rotatable bonds is 4. The zero-order chi connectivity index (χ0) is 12.0. The summed E-state index contributed by atoms with van der Waals surface area (Å²) in [5, 5.41) is 0. The number of methoxy groups -OCH3 is 1. The molecule has 0 saturated heterocycles. The maximum atomic E-state index is 11.1. The molecule has 4 N–H and O–H groups in total. The van der Waals surface area contributed by atoms with Crippen LogP contribution in [-0.4, -0.2) is 25.6 Å². The van der Waals surface area contributed by atoms with Crippen molar-refractivity contribution >= 4 is 11.9 Å². The summed E-state index contributed by atoms with van der Waals surface area (Å²) in [5.74, 6) is 0.170. The number of carbonyl (C=O) groups excluding carboxylic acids is 1. The Labute approximate surface area is 92.9 Å². The van der Waals surface area contributed by atoms with Crippen molar-refractivity contribution in [3.8, 4) is 11.5 Å². The third-order valence-electron chi connectivity index (χ3n) is 1.67. The van der Waals surface area contributed by atoms with Gasteiger partial charge in [-0.2, -0.15) is 4.99 Å². The van der Waals surface area contributed by atoms with Gasteiger partial charge in [0.2, 0.25) is 0 Å². The summed E-state index contributed by atoms with van der Waals surface area (Å²) in [6.07, 6.45) is 0. The van der Waals surface area contributed by atoms with Gasteiger partial charge in [0.15, 0.2) is 24.1 Å². The lowest BCUT2D eigenvalue weighted by Crippen LogP contribution is -2.25. The Morgan fingerprint density at radius 1 is 1.31 bits per heavy atom. The second kappa shape index (κ2) is 5.59. The molecule has 0 bridgehead atoms. The first-order valence-corrected chi connectivity index (χ1v) is 4.51. The van der Waals surface area contributed by atoms with Crippen LogP contribution in [0.25, 0.3) is 0 Å². The van der Waals surface area contributed by atoms with Crippen LogP contribution in [0.4, 0.5) is 0 Å². The molecule has 0 fully saturated rings. The Morgan fingerprint density at radius 3 is 2.50 bits per heavy atom. The van der Waals surface area contributed by atoms with E-state index in [0.29, 0.717) is 11.5 Å². The van der Waals surface area contributed by atoms with Crippen molar-refractivity contribution in [3.05, 3.63) is 24.3 Å². The van der Waals surface area contributed by atoms with E-state index in [-0.39, 0.29) is 12.6 Å². The van der Waals surface area contributed by atoms with Gasteiger partial charge in [0.1, 0.15) is 0 Å². The Morgan fingerprint density at radius 2 is 1.94 bits per heavy atom. The molecule has 0 radical (unpaired) electrons. The molecule has 0 aliphatic rings. The Balaban J connectivity index is 2.61. The molecule has 6 nitrogen and oxygen atoms in total. The molecule has 0 aromatic heterocycles. The van der Waals surface area contributed by atoms with Crippen molar-refractivity contribution in [3.63, 3.8) is 0 Å². The Kier molecular flexibility index (Phi) is 4.14. The lowest BCUT2D eigenvalue weighted by atomic mass is 10.3. The number of para-hydroxylation sites is 2. The molecule has 1 aromatic carbocycles. The van der Waals surface area contributed by atoms with Gasteiger partial charge in [0.05, 0.1) is 7.11 Å². The Hall–Kier alpha value is -2.24. The number of guanidine groups is 1. The molecular formula is C10H13N3O3. The zero-order valence-corrected chi connectivity index (χ0v) is 8.84. The molecule has 0 heterocycles. The summed E-state index contributed by atoms with van der Waals surface area (Å²) in [4.78, 5) is 14.4. The topological polar surface area (TPSA) is 99.9 Å². The highest BCUT2D eigenvalue weighted by Gasteiger charge is 2.05. The van der Waals surface area contributed by atoms with Crippen molar-refractivity contribution in [2.75, 3.05) is 13.7 Å². The first-order chi connectivity index (χ1) is 7.63. The van der Waals surface area contributed by atoms with Crippen LogP contribution in [0.2, 0.25) is 0 Å². The van der Waals surface area contributed by atoms with Gasteiger partial charge >= 0.3 is 0 Å². The molecule has 0 aliphatic heterocycles. The van der Waals surface area contributed by atoms with Crippen LogP contribution in [0, 0.1) is 0 Å². The maximum Gasteiger partial charge on any atom is 0.286 e. The van der Waals surface area contributed by atoms with Crippen molar-refractivity contribution in [2.45, 2.75) is 0 Å². The van der Waals surface area contributed by atoms with Gasteiger partial charge in [-0.05, 0) is 12.1 Å². The lowest BCUT2D eigenvalue weighted by Gasteiger charge is -2.08. The SMILES string of the molecule is COc1ccccc1OCC(=O)N=C(N)N. The molecule has 1 aromatic rings. The second-order valence-electron chi connectivity index (χ2n) is 2.87. The first-order valence-electron chi connectivity index (χ1n) is 4.51. The second-order valence-corrected chi connectivity index (χ2v) is 2.87. The standard InChI is InChI=1S/C10H13N3O3/c1-15-7-4-2-3-5-8(7)16-6-9(14)13-10(11)12/h2-5H,6H2,1H3,(H4,11,12,13,14). The fraction of sp³-hybridized carbons (Fsp3) is 0.200. The number of hydrogen-bond acceptors (Lipinski definition) is 3. The first kappa shape index (κ1) is 11.8. The molecule has 0 saturated carbocycles. The molecular weight excluding hydrogens is 210 g/mol. The normalized spacial score (nSPS) is 9.31. The van der Waals surface area contributed by atoms with E-state index in [4.69, 9.17) is 20.9 Å². The maximum absolute atomic E-state index is 11.1. The number of nitrogens with zero attached hydrogens (tertiary/aromatic N) is 1. The highest BCUT2D eigenvalue weighted by molar-refractivity contribution is 5.92. The van der Waals surface area contributed by atoms with Crippen LogP contribution >= 0.6 is 0 Å². The molecule has 1 amide bonds. The lowest BCUT2D eigenvalue weighted by molar-refractivity contribution is -0.119.